The molecule has 26 heavy (non-hydrogen) atoms. The molecule has 3 atom stereocenters. The highest BCUT2D eigenvalue weighted by molar-refractivity contribution is 5.83. The van der Waals surface area contributed by atoms with Gasteiger partial charge in [0.05, 0.1) is 0 Å². The fourth-order valence-corrected chi connectivity index (χ4v) is 4.05. The van der Waals surface area contributed by atoms with Gasteiger partial charge in [0.1, 0.15) is 0 Å². The maximum Gasteiger partial charge on any atom is 0.226 e. The van der Waals surface area contributed by atoms with Crippen LogP contribution < -0.4 is 0 Å². The van der Waals surface area contributed by atoms with E-state index in [0.717, 1.165) is 31.4 Å². The fourth-order valence-electron chi connectivity index (χ4n) is 4.05. The van der Waals surface area contributed by atoms with Crippen molar-refractivity contribution in [2.75, 3.05) is 6.54 Å². The van der Waals surface area contributed by atoms with E-state index >= 15 is 0 Å². The summed E-state index contributed by atoms with van der Waals surface area (Å²) in [5.74, 6) is 1.44. The lowest BCUT2D eigenvalue weighted by Gasteiger charge is -2.29. The van der Waals surface area contributed by atoms with E-state index in [1.807, 2.05) is 18.3 Å². The van der Waals surface area contributed by atoms with Crippen molar-refractivity contribution in [1.29, 1.82) is 0 Å². The van der Waals surface area contributed by atoms with Crippen LogP contribution in [0.2, 0.25) is 0 Å². The summed E-state index contributed by atoms with van der Waals surface area (Å²) < 4.78 is 0. The Labute approximate surface area is 155 Å². The number of amides is 1. The summed E-state index contributed by atoms with van der Waals surface area (Å²) in [5.41, 5.74) is 2.41. The third-order valence-electron chi connectivity index (χ3n) is 5.60. The van der Waals surface area contributed by atoms with Crippen LogP contribution >= 0.6 is 0 Å². The normalized spacial score (nSPS) is 24.2. The van der Waals surface area contributed by atoms with Crippen molar-refractivity contribution in [3.63, 3.8) is 0 Å². The van der Waals surface area contributed by atoms with Gasteiger partial charge in [-0.25, -0.2) is 0 Å². The van der Waals surface area contributed by atoms with E-state index in [4.69, 9.17) is 0 Å². The second kappa shape index (κ2) is 7.86. The van der Waals surface area contributed by atoms with Gasteiger partial charge in [-0.05, 0) is 54.7 Å². The minimum atomic E-state index is 0.146. The van der Waals surface area contributed by atoms with Crippen LogP contribution in [0.1, 0.15) is 42.7 Å². The van der Waals surface area contributed by atoms with E-state index in [0.29, 0.717) is 24.3 Å². The number of carbonyl (C=O) groups is 1. The summed E-state index contributed by atoms with van der Waals surface area (Å²) in [6, 6.07) is 14.5. The molecule has 134 valence electrons. The topological polar surface area (TPSA) is 33.2 Å². The molecule has 0 radical (unpaired) electrons. The van der Waals surface area contributed by atoms with Crippen LogP contribution in [0.5, 0.6) is 0 Å². The van der Waals surface area contributed by atoms with Gasteiger partial charge >= 0.3 is 0 Å². The number of allylic oxidation sites excluding steroid dienone is 2. The molecule has 0 unspecified atom stereocenters. The largest absolute Gasteiger partial charge is 0.338 e. The fraction of sp³-hybridized carbons (Fsp3) is 0.391. The molecule has 0 spiro atoms. The van der Waals surface area contributed by atoms with E-state index in [1.165, 1.54) is 12.0 Å². The highest BCUT2D eigenvalue weighted by Gasteiger charge is 2.45. The van der Waals surface area contributed by atoms with E-state index < -0.39 is 0 Å². The molecule has 1 aromatic heterocycles. The molecule has 0 saturated heterocycles. The molecule has 2 aromatic rings. The van der Waals surface area contributed by atoms with Crippen molar-refractivity contribution in [3.8, 4) is 0 Å². The van der Waals surface area contributed by atoms with Gasteiger partial charge in [-0.3, -0.25) is 9.78 Å². The Morgan fingerprint density at radius 3 is 2.73 bits per heavy atom. The van der Waals surface area contributed by atoms with Crippen molar-refractivity contribution in [2.45, 2.75) is 38.1 Å². The number of aromatic nitrogens is 1. The molecule has 0 N–H and O–H groups in total. The number of hydrogen-bond acceptors (Lipinski definition) is 2. The second-order valence-electron chi connectivity index (χ2n) is 7.59. The molecule has 2 aliphatic carbocycles. The van der Waals surface area contributed by atoms with Gasteiger partial charge in [-0.2, -0.15) is 0 Å². The van der Waals surface area contributed by atoms with Crippen molar-refractivity contribution in [2.24, 2.45) is 11.8 Å². The van der Waals surface area contributed by atoms with Crippen molar-refractivity contribution < 1.29 is 4.79 Å². The third kappa shape index (κ3) is 4.04. The minimum Gasteiger partial charge on any atom is -0.338 e. The third-order valence-corrected chi connectivity index (χ3v) is 5.60. The smallest absolute Gasteiger partial charge is 0.226 e. The van der Waals surface area contributed by atoms with Crippen LogP contribution in [0.4, 0.5) is 0 Å². The Morgan fingerprint density at radius 1 is 1.12 bits per heavy atom. The quantitative estimate of drug-likeness (QED) is 0.718. The molecule has 1 amide bonds. The molecule has 2 aliphatic rings. The minimum absolute atomic E-state index is 0.146. The molecule has 1 saturated carbocycles. The van der Waals surface area contributed by atoms with Crippen molar-refractivity contribution in [3.05, 3.63) is 78.1 Å². The second-order valence-corrected chi connectivity index (χ2v) is 7.59. The Balaban J connectivity index is 1.46. The van der Waals surface area contributed by atoms with Gasteiger partial charge in [0.2, 0.25) is 5.91 Å². The summed E-state index contributed by atoms with van der Waals surface area (Å²) in [5, 5.41) is 0. The number of nitrogens with zero attached hydrogens (tertiary/aromatic N) is 2. The average Bonchev–Trinajstić information content (AvgIpc) is 3.50. The zero-order valence-corrected chi connectivity index (χ0v) is 15.1. The Morgan fingerprint density at radius 2 is 2.00 bits per heavy atom. The molecule has 1 heterocycles. The molecule has 0 aliphatic heterocycles. The van der Waals surface area contributed by atoms with Crippen LogP contribution in [0.25, 0.3) is 0 Å². The van der Waals surface area contributed by atoms with Gasteiger partial charge in [0.25, 0.3) is 0 Å². The van der Waals surface area contributed by atoms with Gasteiger partial charge < -0.3 is 4.90 Å². The number of carbonyl (C=O) groups excluding carboxylic acids is 1. The summed E-state index contributed by atoms with van der Waals surface area (Å²) in [4.78, 5) is 19.6. The predicted molar refractivity (Wildman–Crippen MR) is 103 cm³/mol. The van der Waals surface area contributed by atoms with Crippen LogP contribution in [-0.4, -0.2) is 22.3 Å². The number of pyridine rings is 1. The van der Waals surface area contributed by atoms with E-state index in [-0.39, 0.29) is 5.92 Å². The van der Waals surface area contributed by atoms with Gasteiger partial charge in [0.15, 0.2) is 0 Å². The summed E-state index contributed by atoms with van der Waals surface area (Å²) in [6.45, 7) is 1.53. The van der Waals surface area contributed by atoms with Gasteiger partial charge in [-0.1, -0.05) is 48.6 Å². The molecule has 4 rings (SSSR count). The lowest BCUT2D eigenvalue weighted by molar-refractivity contribution is -0.134. The zero-order valence-electron chi connectivity index (χ0n) is 15.1. The average molecular weight is 346 g/mol. The van der Waals surface area contributed by atoms with Crippen LogP contribution in [0.15, 0.2) is 67.0 Å². The Kier molecular flexibility index (Phi) is 5.14. The predicted octanol–water partition coefficient (Wildman–Crippen LogP) is 4.57. The van der Waals surface area contributed by atoms with Gasteiger partial charge in [0, 0.05) is 31.4 Å². The molecule has 0 bridgehead atoms. The number of benzene rings is 1. The number of rotatable bonds is 6. The first-order valence-corrected chi connectivity index (χ1v) is 9.69. The molecule has 3 heteroatoms. The maximum atomic E-state index is 13.3. The first-order chi connectivity index (χ1) is 12.8. The molecular weight excluding hydrogens is 320 g/mol. The molecule has 1 fully saturated rings. The first-order valence-electron chi connectivity index (χ1n) is 9.69. The maximum absolute atomic E-state index is 13.3. The van der Waals surface area contributed by atoms with E-state index in [1.54, 1.807) is 6.20 Å². The first kappa shape index (κ1) is 17.0. The lowest BCUT2D eigenvalue weighted by atomic mass is 9.93. The standard InChI is InChI=1S/C23H26N2O/c26-23(22-14-21(22)20-11-5-2-6-12-20)25(16-18-8-3-1-4-9-18)17-19-10-7-13-24-15-19/h1-3,5-7,10-13,15,18,21-22H,4,8-9,14,16-17H2/t18-,21-,22-/m0/s1. The lowest BCUT2D eigenvalue weighted by Crippen LogP contribution is -2.36. The molecule has 3 nitrogen and oxygen atoms in total. The Hall–Kier alpha value is -2.42. The summed E-state index contributed by atoms with van der Waals surface area (Å²) in [7, 11) is 0. The molecular formula is C23H26N2O. The number of hydrogen-bond donors (Lipinski definition) is 0. The van der Waals surface area contributed by atoms with Crippen LogP contribution in [0.3, 0.4) is 0 Å². The highest BCUT2D eigenvalue weighted by atomic mass is 16.2. The highest BCUT2D eigenvalue weighted by Crippen LogP contribution is 2.48. The van der Waals surface area contributed by atoms with Crippen molar-refractivity contribution >= 4 is 5.91 Å². The zero-order chi connectivity index (χ0) is 17.8. The Bertz CT molecular complexity index is 756. The SMILES string of the molecule is O=C([C@H]1C[C@H]1c1ccccc1)N(Cc1cccnc1)C[C@H]1CC=CCC1. The van der Waals surface area contributed by atoms with Crippen LogP contribution in [-0.2, 0) is 11.3 Å². The van der Waals surface area contributed by atoms with Gasteiger partial charge in [-0.15, -0.1) is 0 Å². The van der Waals surface area contributed by atoms with Crippen molar-refractivity contribution in [1.82, 2.24) is 9.88 Å². The van der Waals surface area contributed by atoms with E-state index in [2.05, 4.69) is 52.4 Å². The summed E-state index contributed by atoms with van der Waals surface area (Å²) in [6.07, 6.45) is 12.6. The summed E-state index contributed by atoms with van der Waals surface area (Å²) >= 11 is 0. The van der Waals surface area contributed by atoms with E-state index in [9.17, 15) is 4.79 Å². The van der Waals surface area contributed by atoms with Crippen LogP contribution in [0, 0.1) is 11.8 Å². The monoisotopic (exact) mass is 346 g/mol. The molecule has 1 aromatic carbocycles.